The molecule has 8 nitrogen and oxygen atoms in total. The first-order valence-electron chi connectivity index (χ1n) is 11.6. The minimum Gasteiger partial charge on any atom is -0.408 e. The Morgan fingerprint density at radius 3 is 3.00 bits per heavy atom. The van der Waals surface area contributed by atoms with E-state index in [-0.39, 0.29) is 23.1 Å². The predicted octanol–water partition coefficient (Wildman–Crippen LogP) is 1.87. The first-order chi connectivity index (χ1) is 16.7. The zero-order valence-electron chi connectivity index (χ0n) is 20.1. The third-order valence-corrected chi connectivity index (χ3v) is 5.30. The maximum Gasteiger partial charge on any atom is 0.419 e. The Labute approximate surface area is 187 Å². The van der Waals surface area contributed by atoms with Crippen LogP contribution in [0.15, 0.2) is 45.6 Å². The number of nitrogens with one attached hydrogen (secondary N) is 2. The number of hydrogen-bond acceptors (Lipinski definition) is 6. The van der Waals surface area contributed by atoms with Crippen LogP contribution in [-0.2, 0) is 22.9 Å². The lowest BCUT2D eigenvalue weighted by atomic mass is 10.00. The molecule has 0 bridgehead atoms. The number of oxazole rings is 1. The van der Waals surface area contributed by atoms with Gasteiger partial charge < -0.3 is 19.8 Å². The lowest BCUT2D eigenvalue weighted by Gasteiger charge is -2.18. The van der Waals surface area contributed by atoms with E-state index in [2.05, 4.69) is 10.6 Å². The van der Waals surface area contributed by atoms with E-state index in [4.69, 9.17) is 13.3 Å². The van der Waals surface area contributed by atoms with Gasteiger partial charge in [0.15, 0.2) is 5.58 Å². The highest BCUT2D eigenvalue weighted by atomic mass is 19.1. The Morgan fingerprint density at radius 2 is 2.22 bits per heavy atom. The van der Waals surface area contributed by atoms with Gasteiger partial charge in [-0.25, -0.2) is 9.18 Å². The Kier molecular flexibility index (Phi) is 5.29. The Bertz CT molecular complexity index is 1340. The number of rotatable bonds is 5. The van der Waals surface area contributed by atoms with Crippen LogP contribution in [0, 0.1) is 17.1 Å². The molecule has 1 aliphatic rings. The van der Waals surface area contributed by atoms with Gasteiger partial charge in [0.2, 0.25) is 0 Å². The number of halogens is 1. The monoisotopic (exact) mass is 441 g/mol. The second-order valence-electron chi connectivity index (χ2n) is 7.50. The number of nitriles is 1. The van der Waals surface area contributed by atoms with Gasteiger partial charge in [-0.2, -0.15) is 5.26 Å². The molecule has 166 valence electrons. The number of hydrogen-bond donors (Lipinski definition) is 2. The lowest BCUT2D eigenvalue weighted by molar-refractivity contribution is -0.132. The number of aromatic nitrogens is 1. The van der Waals surface area contributed by atoms with Crippen LogP contribution in [0.3, 0.4) is 0 Å². The molecule has 0 radical (unpaired) electrons. The molecule has 1 saturated heterocycles. The van der Waals surface area contributed by atoms with Crippen LogP contribution in [0.2, 0.25) is 0 Å². The van der Waals surface area contributed by atoms with Crippen LogP contribution in [-0.4, -0.2) is 42.3 Å². The smallest absolute Gasteiger partial charge is 0.408 e. The zero-order chi connectivity index (χ0) is 25.2. The minimum atomic E-state index is -2.73. The van der Waals surface area contributed by atoms with Gasteiger partial charge in [-0.05, 0) is 47.9 Å². The third kappa shape index (κ3) is 4.56. The van der Waals surface area contributed by atoms with Crippen molar-refractivity contribution < 1.29 is 22.5 Å². The molecular weight excluding hydrogens is 415 g/mol. The second kappa shape index (κ2) is 9.34. The zero-order valence-corrected chi connectivity index (χ0v) is 17.1. The molecule has 4 rings (SSSR count). The van der Waals surface area contributed by atoms with Gasteiger partial charge in [0, 0.05) is 30.7 Å². The van der Waals surface area contributed by atoms with Crippen molar-refractivity contribution in [1.82, 2.24) is 15.2 Å². The number of amides is 1. The average molecular weight is 441 g/mol. The fraction of sp³-hybridized carbons (Fsp3) is 0.348. The van der Waals surface area contributed by atoms with E-state index in [1.807, 2.05) is 6.07 Å². The second-order valence-corrected chi connectivity index (χ2v) is 7.50. The maximum absolute atomic E-state index is 14.9. The van der Waals surface area contributed by atoms with Crippen molar-refractivity contribution in [2.75, 3.05) is 19.7 Å². The molecule has 2 unspecified atom stereocenters. The van der Waals surface area contributed by atoms with Gasteiger partial charge in [0.05, 0.1) is 11.6 Å². The van der Waals surface area contributed by atoms with E-state index in [9.17, 15) is 19.2 Å². The van der Waals surface area contributed by atoms with Gasteiger partial charge in [0.1, 0.15) is 18.0 Å². The molecule has 2 atom stereocenters. The summed E-state index contributed by atoms with van der Waals surface area (Å²) in [5.74, 6) is -2.03. The molecule has 0 spiro atoms. The molecule has 9 heteroatoms. The summed E-state index contributed by atoms with van der Waals surface area (Å²) in [5.41, 5.74) is 1.32. The number of carbonyl (C=O) groups excluding carboxylic acids is 1. The molecule has 1 amide bonds. The van der Waals surface area contributed by atoms with E-state index in [0.29, 0.717) is 28.8 Å². The Hall–Kier alpha value is -3.48. The quantitative estimate of drug-likeness (QED) is 0.626. The fourth-order valence-corrected chi connectivity index (χ4v) is 3.59. The normalized spacial score (nSPS) is 19.2. The third-order valence-electron chi connectivity index (χ3n) is 5.30. The number of ether oxygens (including phenoxy) is 1. The van der Waals surface area contributed by atoms with Gasteiger partial charge >= 0.3 is 5.76 Å². The standard InChI is InChI=1S/C23H23FN4O4/c1-28-19-11-15(5-6-20(19)32-23(28)30)14-3-4-16(18(24)10-14)9-17(12-25)27-22(29)21-13-26-7-2-8-31-21/h3-6,10-11,17,21,26H,2,7-9,13H2,1H3,(H,27,29)/i1D3. The topological polar surface area (TPSA) is 109 Å². The van der Waals surface area contributed by atoms with Crippen molar-refractivity contribution in [3.05, 3.63) is 58.3 Å². The molecule has 2 heterocycles. The van der Waals surface area contributed by atoms with Crippen molar-refractivity contribution in [2.24, 2.45) is 6.98 Å². The number of fused-ring (bicyclic) bond motifs is 1. The molecule has 0 aliphatic carbocycles. The van der Waals surface area contributed by atoms with Crippen molar-refractivity contribution >= 4 is 17.0 Å². The molecule has 1 aliphatic heterocycles. The summed E-state index contributed by atoms with van der Waals surface area (Å²) in [6.45, 7) is -1.22. The molecule has 3 aromatic rings. The molecule has 32 heavy (non-hydrogen) atoms. The molecule has 0 saturated carbocycles. The van der Waals surface area contributed by atoms with Crippen LogP contribution in [0.25, 0.3) is 22.2 Å². The molecule has 2 N–H and O–H groups in total. The molecule has 2 aromatic carbocycles. The highest BCUT2D eigenvalue weighted by Crippen LogP contribution is 2.26. The van der Waals surface area contributed by atoms with Gasteiger partial charge in [-0.1, -0.05) is 18.2 Å². The van der Waals surface area contributed by atoms with Gasteiger partial charge in [-0.3, -0.25) is 9.36 Å². The highest BCUT2D eigenvalue weighted by Gasteiger charge is 2.24. The highest BCUT2D eigenvalue weighted by molar-refractivity contribution is 5.82. The summed E-state index contributed by atoms with van der Waals surface area (Å²) >= 11 is 0. The van der Waals surface area contributed by atoms with Crippen LogP contribution in [0.4, 0.5) is 4.39 Å². The SMILES string of the molecule is [2H]C([2H])([2H])n1c(=O)oc2ccc(-c3ccc(CC(C#N)NC(=O)C4CNCCCO4)c(F)c3)cc21. The number of carbonyl (C=O) groups is 1. The average Bonchev–Trinajstić information content (AvgIpc) is 2.96. The summed E-state index contributed by atoms with van der Waals surface area (Å²) in [4.78, 5) is 24.4. The Morgan fingerprint density at radius 1 is 1.41 bits per heavy atom. The van der Waals surface area contributed by atoms with E-state index in [0.717, 1.165) is 13.0 Å². The van der Waals surface area contributed by atoms with Gasteiger partial charge in [-0.15, -0.1) is 0 Å². The lowest BCUT2D eigenvalue weighted by Crippen LogP contribution is -2.46. The molecule has 1 fully saturated rings. The number of aryl methyl sites for hydroxylation is 1. The van der Waals surface area contributed by atoms with Crippen molar-refractivity contribution in [3.63, 3.8) is 0 Å². The molecular formula is C23H23FN4O4. The van der Waals surface area contributed by atoms with Crippen molar-refractivity contribution in [2.45, 2.75) is 25.0 Å². The summed E-state index contributed by atoms with van der Waals surface area (Å²) in [6.07, 6.45) is 0.0178. The fourth-order valence-electron chi connectivity index (χ4n) is 3.59. The Balaban J connectivity index is 1.53. The minimum absolute atomic E-state index is 0.0478. The number of nitrogens with zero attached hydrogens (tertiary/aromatic N) is 2. The van der Waals surface area contributed by atoms with Crippen LogP contribution >= 0.6 is 0 Å². The summed E-state index contributed by atoms with van der Waals surface area (Å²) in [7, 11) is 0. The summed E-state index contributed by atoms with van der Waals surface area (Å²) in [5, 5.41) is 15.2. The van der Waals surface area contributed by atoms with Gasteiger partial charge in [0.25, 0.3) is 5.91 Å². The predicted molar refractivity (Wildman–Crippen MR) is 115 cm³/mol. The number of benzene rings is 2. The largest absolute Gasteiger partial charge is 0.419 e. The van der Waals surface area contributed by atoms with Crippen LogP contribution in [0.1, 0.15) is 16.1 Å². The maximum atomic E-state index is 14.9. The van der Waals surface area contributed by atoms with Crippen LogP contribution < -0.4 is 16.4 Å². The van der Waals surface area contributed by atoms with Crippen molar-refractivity contribution in [1.29, 1.82) is 5.26 Å². The van der Waals surface area contributed by atoms with E-state index in [1.54, 1.807) is 12.1 Å². The summed E-state index contributed by atoms with van der Waals surface area (Å²) in [6, 6.07) is 9.88. The first kappa shape index (κ1) is 18.1. The van der Waals surface area contributed by atoms with Crippen molar-refractivity contribution in [3.8, 4) is 17.2 Å². The van der Waals surface area contributed by atoms with E-state index in [1.165, 1.54) is 24.3 Å². The first-order valence-corrected chi connectivity index (χ1v) is 10.1. The van der Waals surface area contributed by atoms with E-state index >= 15 is 0 Å². The summed E-state index contributed by atoms with van der Waals surface area (Å²) < 4.78 is 48.7. The molecule has 1 aromatic heterocycles. The van der Waals surface area contributed by atoms with Crippen LogP contribution in [0.5, 0.6) is 0 Å². The van der Waals surface area contributed by atoms with E-state index < -0.39 is 36.6 Å².